The summed E-state index contributed by atoms with van der Waals surface area (Å²) < 4.78 is 5.88. The Hall–Kier alpha value is -0.120. The van der Waals surface area contributed by atoms with Crippen LogP contribution >= 0.6 is 0 Å². The second-order valence-corrected chi connectivity index (χ2v) is 7.61. The molecule has 3 nitrogen and oxygen atoms in total. The smallest absolute Gasteiger partial charge is 0.0641 e. The second-order valence-electron chi connectivity index (χ2n) is 7.61. The van der Waals surface area contributed by atoms with Crippen molar-refractivity contribution < 1.29 is 4.74 Å². The summed E-state index contributed by atoms with van der Waals surface area (Å²) in [5, 5.41) is 3.63. The van der Waals surface area contributed by atoms with Gasteiger partial charge in [-0.3, -0.25) is 4.90 Å². The first-order valence-electron chi connectivity index (χ1n) is 8.17. The summed E-state index contributed by atoms with van der Waals surface area (Å²) >= 11 is 0. The zero-order valence-electron chi connectivity index (χ0n) is 12.7. The van der Waals surface area contributed by atoms with Crippen molar-refractivity contribution in [3.63, 3.8) is 0 Å². The Bertz CT molecular complexity index is 304. The molecule has 3 heterocycles. The van der Waals surface area contributed by atoms with Gasteiger partial charge in [0.15, 0.2) is 0 Å². The van der Waals surface area contributed by atoms with Gasteiger partial charge in [0.25, 0.3) is 0 Å². The van der Waals surface area contributed by atoms with Gasteiger partial charge in [-0.15, -0.1) is 0 Å². The quantitative estimate of drug-likeness (QED) is 0.789. The maximum atomic E-state index is 5.88. The van der Waals surface area contributed by atoms with Crippen LogP contribution in [0.5, 0.6) is 0 Å². The van der Waals surface area contributed by atoms with Crippen LogP contribution < -0.4 is 5.32 Å². The van der Waals surface area contributed by atoms with Crippen molar-refractivity contribution in [1.29, 1.82) is 0 Å². The van der Waals surface area contributed by atoms with Gasteiger partial charge in [-0.2, -0.15) is 0 Å². The summed E-state index contributed by atoms with van der Waals surface area (Å²) in [6, 6.07) is 0.753. The van der Waals surface area contributed by atoms with Gasteiger partial charge in [0, 0.05) is 25.7 Å². The Morgan fingerprint density at radius 1 is 1.21 bits per heavy atom. The number of likely N-dealkylation sites (tertiary alicyclic amines) is 1. The van der Waals surface area contributed by atoms with E-state index in [0.29, 0.717) is 5.41 Å². The molecule has 3 saturated heterocycles. The highest BCUT2D eigenvalue weighted by Gasteiger charge is 2.40. The van der Waals surface area contributed by atoms with Crippen LogP contribution in [0.3, 0.4) is 0 Å². The largest absolute Gasteiger partial charge is 0.375 e. The molecule has 0 bridgehead atoms. The van der Waals surface area contributed by atoms with E-state index in [-0.39, 0.29) is 5.60 Å². The summed E-state index contributed by atoms with van der Waals surface area (Å²) in [5.74, 6) is 0. The van der Waals surface area contributed by atoms with Gasteiger partial charge in [0.05, 0.1) is 5.60 Å². The lowest BCUT2D eigenvalue weighted by atomic mass is 9.73. The topological polar surface area (TPSA) is 24.5 Å². The summed E-state index contributed by atoms with van der Waals surface area (Å²) in [6.45, 7) is 10.5. The Morgan fingerprint density at radius 3 is 2.79 bits per heavy atom. The summed E-state index contributed by atoms with van der Waals surface area (Å²) in [6.07, 6.45) is 8.06. The normalized spacial score (nSPS) is 40.4. The van der Waals surface area contributed by atoms with Crippen LogP contribution in [0, 0.1) is 5.41 Å². The van der Waals surface area contributed by atoms with E-state index in [1.54, 1.807) is 0 Å². The predicted molar refractivity (Wildman–Crippen MR) is 78.4 cm³/mol. The number of nitrogens with one attached hydrogen (secondary N) is 1. The highest BCUT2D eigenvalue weighted by molar-refractivity contribution is 4.95. The van der Waals surface area contributed by atoms with Gasteiger partial charge >= 0.3 is 0 Å². The van der Waals surface area contributed by atoms with Gasteiger partial charge in [-0.05, 0) is 70.9 Å². The van der Waals surface area contributed by atoms with Crippen molar-refractivity contribution in [3.05, 3.63) is 0 Å². The third-order valence-electron chi connectivity index (χ3n) is 5.44. The number of rotatable bonds is 1. The first kappa shape index (κ1) is 13.8. The third-order valence-corrected chi connectivity index (χ3v) is 5.44. The lowest BCUT2D eigenvalue weighted by Gasteiger charge is -2.50. The van der Waals surface area contributed by atoms with Crippen molar-refractivity contribution >= 4 is 0 Å². The number of hydrogen-bond donors (Lipinski definition) is 1. The van der Waals surface area contributed by atoms with Crippen LogP contribution in [-0.2, 0) is 4.74 Å². The SMILES string of the molecule is CC1(C)CC(N2CCCC3(CCCNC3)C2)CCO1. The van der Waals surface area contributed by atoms with Crippen molar-refractivity contribution in [3.8, 4) is 0 Å². The van der Waals surface area contributed by atoms with Gasteiger partial charge in [-0.25, -0.2) is 0 Å². The first-order chi connectivity index (χ1) is 9.09. The molecule has 0 aromatic carbocycles. The maximum absolute atomic E-state index is 5.88. The molecule has 3 aliphatic heterocycles. The molecule has 0 aromatic heterocycles. The van der Waals surface area contributed by atoms with Crippen LogP contribution in [0.2, 0.25) is 0 Å². The molecule has 3 rings (SSSR count). The van der Waals surface area contributed by atoms with E-state index in [2.05, 4.69) is 24.1 Å². The first-order valence-corrected chi connectivity index (χ1v) is 8.17. The number of piperidine rings is 2. The predicted octanol–water partition coefficient (Wildman–Crippen LogP) is 2.41. The van der Waals surface area contributed by atoms with Crippen molar-refractivity contribution in [2.75, 3.05) is 32.8 Å². The van der Waals surface area contributed by atoms with E-state index in [1.807, 2.05) is 0 Å². The van der Waals surface area contributed by atoms with E-state index < -0.39 is 0 Å². The summed E-state index contributed by atoms with van der Waals surface area (Å²) in [5.41, 5.74) is 0.664. The van der Waals surface area contributed by atoms with Gasteiger partial charge in [0.1, 0.15) is 0 Å². The lowest BCUT2D eigenvalue weighted by Crippen LogP contribution is -2.55. The highest BCUT2D eigenvalue weighted by atomic mass is 16.5. The molecule has 0 saturated carbocycles. The molecule has 3 heteroatoms. The van der Waals surface area contributed by atoms with Crippen LogP contribution in [0.25, 0.3) is 0 Å². The third kappa shape index (κ3) is 3.14. The molecule has 0 aromatic rings. The summed E-state index contributed by atoms with van der Waals surface area (Å²) in [7, 11) is 0. The molecule has 2 unspecified atom stereocenters. The fourth-order valence-electron chi connectivity index (χ4n) is 4.45. The highest BCUT2D eigenvalue weighted by Crippen LogP contribution is 2.38. The van der Waals surface area contributed by atoms with Crippen molar-refractivity contribution in [1.82, 2.24) is 10.2 Å². The Labute approximate surface area is 118 Å². The van der Waals surface area contributed by atoms with E-state index in [9.17, 15) is 0 Å². The molecule has 3 aliphatic rings. The minimum atomic E-state index is 0.0817. The fraction of sp³-hybridized carbons (Fsp3) is 1.00. The molecule has 19 heavy (non-hydrogen) atoms. The zero-order chi connectivity index (χ0) is 13.3. The molecule has 110 valence electrons. The molecule has 0 radical (unpaired) electrons. The summed E-state index contributed by atoms with van der Waals surface area (Å²) in [4.78, 5) is 2.79. The minimum Gasteiger partial charge on any atom is -0.375 e. The van der Waals surface area contributed by atoms with Gasteiger partial charge in [-0.1, -0.05) is 0 Å². The minimum absolute atomic E-state index is 0.0817. The Balaban J connectivity index is 1.64. The molecule has 0 amide bonds. The van der Waals surface area contributed by atoms with E-state index >= 15 is 0 Å². The van der Waals surface area contributed by atoms with Crippen molar-refractivity contribution in [2.24, 2.45) is 5.41 Å². The molecule has 0 aliphatic carbocycles. The standard InChI is InChI=1S/C16H30N2O/c1-15(2)11-14(5-10-19-15)18-9-4-7-16(13-18)6-3-8-17-12-16/h14,17H,3-13H2,1-2H3. The number of nitrogens with zero attached hydrogens (tertiary/aromatic N) is 1. The molecule has 1 N–H and O–H groups in total. The van der Waals surface area contributed by atoms with Gasteiger partial charge < -0.3 is 10.1 Å². The van der Waals surface area contributed by atoms with E-state index in [1.165, 1.54) is 64.7 Å². The Morgan fingerprint density at radius 2 is 2.05 bits per heavy atom. The maximum Gasteiger partial charge on any atom is 0.0641 e. The second kappa shape index (κ2) is 5.34. The molecule has 2 atom stereocenters. The van der Waals surface area contributed by atoms with Crippen molar-refractivity contribution in [2.45, 2.75) is 64.0 Å². The van der Waals surface area contributed by atoms with Crippen LogP contribution in [0.15, 0.2) is 0 Å². The lowest BCUT2D eigenvalue weighted by molar-refractivity contribution is -0.0946. The molecule has 1 spiro atoms. The number of hydrogen-bond acceptors (Lipinski definition) is 3. The average molecular weight is 266 g/mol. The fourth-order valence-corrected chi connectivity index (χ4v) is 4.45. The molecular formula is C16H30N2O. The van der Waals surface area contributed by atoms with Crippen LogP contribution in [-0.4, -0.2) is 49.3 Å². The monoisotopic (exact) mass is 266 g/mol. The zero-order valence-corrected chi connectivity index (χ0v) is 12.7. The van der Waals surface area contributed by atoms with Gasteiger partial charge in [0.2, 0.25) is 0 Å². The molecule has 3 fully saturated rings. The number of ether oxygens (including phenoxy) is 1. The van der Waals surface area contributed by atoms with Crippen LogP contribution in [0.1, 0.15) is 52.4 Å². The van der Waals surface area contributed by atoms with E-state index in [0.717, 1.165) is 12.6 Å². The average Bonchev–Trinajstić information content (AvgIpc) is 2.38. The molecular weight excluding hydrogens is 236 g/mol. The Kier molecular flexibility index (Phi) is 3.89. The van der Waals surface area contributed by atoms with Crippen LogP contribution in [0.4, 0.5) is 0 Å². The van der Waals surface area contributed by atoms with E-state index in [4.69, 9.17) is 4.74 Å².